The summed E-state index contributed by atoms with van der Waals surface area (Å²) in [6.07, 6.45) is 2.77. The average Bonchev–Trinajstić information content (AvgIpc) is 2.94. The second kappa shape index (κ2) is 4.10. The molecule has 0 aliphatic heterocycles. The second-order valence-corrected chi connectivity index (χ2v) is 3.89. The zero-order valence-corrected chi connectivity index (χ0v) is 9.20. The lowest BCUT2D eigenvalue weighted by Crippen LogP contribution is -2.16. The van der Waals surface area contributed by atoms with Gasteiger partial charge in [-0.15, -0.1) is 5.10 Å². The van der Waals surface area contributed by atoms with Gasteiger partial charge >= 0.3 is 0 Å². The second-order valence-electron chi connectivity index (χ2n) is 3.89. The molecule has 2 atom stereocenters. The van der Waals surface area contributed by atoms with Gasteiger partial charge in [0, 0.05) is 12.1 Å². The molecule has 1 aromatic heterocycles. The molecule has 5 heteroatoms. The van der Waals surface area contributed by atoms with Crippen molar-refractivity contribution in [2.45, 2.75) is 45.2 Å². The first-order valence-corrected chi connectivity index (χ1v) is 5.49. The maximum absolute atomic E-state index is 5.70. The van der Waals surface area contributed by atoms with E-state index < -0.39 is 0 Å². The van der Waals surface area contributed by atoms with Crippen LogP contribution >= 0.6 is 0 Å². The number of hydrogen-bond donors (Lipinski definition) is 2. The zero-order valence-electron chi connectivity index (χ0n) is 9.20. The Hall–Kier alpha value is -1.23. The monoisotopic (exact) mass is 207 g/mol. The van der Waals surface area contributed by atoms with E-state index in [9.17, 15) is 0 Å². The third-order valence-electron chi connectivity index (χ3n) is 2.66. The highest BCUT2D eigenvalue weighted by Gasteiger charge is 2.34. The Bertz CT molecular complexity index is 352. The molecular weight excluding hydrogens is 190 g/mol. The molecule has 5 nitrogen and oxygen atoms in total. The lowest BCUT2D eigenvalue weighted by Gasteiger charge is -2.06. The molecule has 0 saturated heterocycles. The highest BCUT2D eigenvalue weighted by atomic mass is 15.3. The smallest absolute Gasteiger partial charge is 0.243 e. The van der Waals surface area contributed by atoms with Crippen molar-refractivity contribution in [3.05, 3.63) is 11.4 Å². The van der Waals surface area contributed by atoms with Crippen molar-refractivity contribution in [2.24, 2.45) is 5.73 Å². The van der Waals surface area contributed by atoms with E-state index in [1.165, 1.54) is 0 Å². The van der Waals surface area contributed by atoms with Crippen LogP contribution in [0.15, 0.2) is 0 Å². The Morgan fingerprint density at radius 3 is 2.47 bits per heavy atom. The molecule has 0 aromatic carbocycles. The minimum atomic E-state index is 0.254. The van der Waals surface area contributed by atoms with Crippen molar-refractivity contribution in [1.29, 1.82) is 0 Å². The van der Waals surface area contributed by atoms with Gasteiger partial charge in [-0.2, -0.15) is 5.10 Å². The summed E-state index contributed by atoms with van der Waals surface area (Å²) in [4.78, 5) is 4.44. The van der Waals surface area contributed by atoms with Crippen molar-refractivity contribution >= 4 is 5.95 Å². The van der Waals surface area contributed by atoms with E-state index in [0.717, 1.165) is 30.7 Å². The molecule has 1 aliphatic carbocycles. The third kappa shape index (κ3) is 2.23. The summed E-state index contributed by atoms with van der Waals surface area (Å²) >= 11 is 0. The van der Waals surface area contributed by atoms with Crippen LogP contribution < -0.4 is 11.1 Å². The lowest BCUT2D eigenvalue weighted by atomic mass is 10.2. The molecular formula is C10H17N5. The highest BCUT2D eigenvalue weighted by Crippen LogP contribution is 2.21. The Morgan fingerprint density at radius 1 is 1.27 bits per heavy atom. The summed E-state index contributed by atoms with van der Waals surface area (Å²) in [7, 11) is 0. The van der Waals surface area contributed by atoms with Gasteiger partial charge in [-0.3, -0.25) is 0 Å². The van der Waals surface area contributed by atoms with Gasteiger partial charge in [0.2, 0.25) is 5.95 Å². The van der Waals surface area contributed by atoms with Crippen LogP contribution in [0.25, 0.3) is 0 Å². The number of hydrogen-bond acceptors (Lipinski definition) is 5. The first-order chi connectivity index (χ1) is 7.24. The molecule has 0 spiro atoms. The molecule has 1 saturated carbocycles. The van der Waals surface area contributed by atoms with Gasteiger partial charge in [-0.05, 0) is 19.3 Å². The fraction of sp³-hybridized carbons (Fsp3) is 0.700. The molecule has 2 unspecified atom stereocenters. The molecule has 0 amide bonds. The van der Waals surface area contributed by atoms with Crippen LogP contribution in [0.5, 0.6) is 0 Å². The summed E-state index contributed by atoms with van der Waals surface area (Å²) in [5, 5.41) is 11.4. The van der Waals surface area contributed by atoms with Crippen molar-refractivity contribution in [3.8, 4) is 0 Å². The van der Waals surface area contributed by atoms with Crippen LogP contribution in [-0.4, -0.2) is 27.3 Å². The molecule has 1 aliphatic rings. The van der Waals surface area contributed by atoms with Gasteiger partial charge in [0.1, 0.15) is 0 Å². The lowest BCUT2D eigenvalue weighted by molar-refractivity contribution is 0.816. The first-order valence-electron chi connectivity index (χ1n) is 5.49. The van der Waals surface area contributed by atoms with E-state index in [1.54, 1.807) is 0 Å². The van der Waals surface area contributed by atoms with E-state index in [2.05, 4.69) is 34.3 Å². The number of rotatable bonds is 4. The van der Waals surface area contributed by atoms with Gasteiger partial charge in [-0.25, -0.2) is 4.98 Å². The maximum Gasteiger partial charge on any atom is 0.243 e. The summed E-state index contributed by atoms with van der Waals surface area (Å²) in [6.45, 7) is 4.14. The number of nitrogens with two attached hydrogens (primary N) is 1. The quantitative estimate of drug-likeness (QED) is 0.752. The Labute approximate surface area is 89.5 Å². The van der Waals surface area contributed by atoms with E-state index in [-0.39, 0.29) is 6.04 Å². The summed E-state index contributed by atoms with van der Waals surface area (Å²) in [6, 6.07) is 0.591. The predicted molar refractivity (Wildman–Crippen MR) is 58.6 cm³/mol. The Kier molecular flexibility index (Phi) is 2.81. The highest BCUT2D eigenvalue weighted by molar-refractivity contribution is 5.31. The van der Waals surface area contributed by atoms with Crippen molar-refractivity contribution < 1.29 is 0 Å². The van der Waals surface area contributed by atoms with Gasteiger partial charge in [0.15, 0.2) is 0 Å². The summed E-state index contributed by atoms with van der Waals surface area (Å²) < 4.78 is 0. The first kappa shape index (κ1) is 10.3. The van der Waals surface area contributed by atoms with Gasteiger partial charge in [-0.1, -0.05) is 13.8 Å². The van der Waals surface area contributed by atoms with E-state index in [0.29, 0.717) is 12.0 Å². The van der Waals surface area contributed by atoms with Crippen LogP contribution in [0.3, 0.4) is 0 Å². The molecule has 2 rings (SSSR count). The average molecular weight is 207 g/mol. The molecule has 0 radical (unpaired) electrons. The number of nitrogens with zero attached hydrogens (tertiary/aromatic N) is 3. The molecule has 3 N–H and O–H groups in total. The third-order valence-corrected chi connectivity index (χ3v) is 2.66. The maximum atomic E-state index is 5.70. The number of aromatic nitrogens is 3. The van der Waals surface area contributed by atoms with E-state index in [1.807, 2.05) is 0 Å². The topological polar surface area (TPSA) is 76.7 Å². The summed E-state index contributed by atoms with van der Waals surface area (Å²) in [5.74, 6) is 0.613. The minimum absolute atomic E-state index is 0.254. The minimum Gasteiger partial charge on any atom is -0.349 e. The normalized spacial score (nSPS) is 23.9. The van der Waals surface area contributed by atoms with Gasteiger partial charge in [0.25, 0.3) is 0 Å². The van der Waals surface area contributed by atoms with Crippen molar-refractivity contribution in [1.82, 2.24) is 15.2 Å². The fourth-order valence-electron chi connectivity index (χ4n) is 1.55. The van der Waals surface area contributed by atoms with E-state index in [4.69, 9.17) is 5.73 Å². The molecule has 1 aromatic rings. The van der Waals surface area contributed by atoms with Crippen LogP contribution in [0.1, 0.15) is 31.7 Å². The summed E-state index contributed by atoms with van der Waals surface area (Å²) in [5.41, 5.74) is 7.72. The Balaban J connectivity index is 2.11. The van der Waals surface area contributed by atoms with Gasteiger partial charge in [0.05, 0.1) is 11.4 Å². The van der Waals surface area contributed by atoms with Crippen molar-refractivity contribution in [3.63, 3.8) is 0 Å². The number of anilines is 1. The van der Waals surface area contributed by atoms with Crippen LogP contribution in [-0.2, 0) is 12.8 Å². The zero-order chi connectivity index (χ0) is 10.8. The SMILES string of the molecule is CCc1nnc(NC2CC2N)nc1CC. The number of nitrogens with one attached hydrogen (secondary N) is 1. The standard InChI is InChI=1S/C10H17N5/c1-3-7-8(4-2)14-15-10(12-7)13-9-5-6(9)11/h6,9H,3-5,11H2,1-2H3,(H,12,13,15). The van der Waals surface area contributed by atoms with Crippen LogP contribution in [0.4, 0.5) is 5.95 Å². The number of aryl methyl sites for hydroxylation is 2. The largest absolute Gasteiger partial charge is 0.349 e. The molecule has 0 bridgehead atoms. The Morgan fingerprint density at radius 2 is 1.93 bits per heavy atom. The molecule has 15 heavy (non-hydrogen) atoms. The molecule has 1 fully saturated rings. The predicted octanol–water partition coefficient (Wildman–Crippen LogP) is 0.508. The van der Waals surface area contributed by atoms with Crippen LogP contribution in [0.2, 0.25) is 0 Å². The molecule has 82 valence electrons. The van der Waals surface area contributed by atoms with Crippen molar-refractivity contribution in [2.75, 3.05) is 5.32 Å². The van der Waals surface area contributed by atoms with E-state index >= 15 is 0 Å². The fourth-order valence-corrected chi connectivity index (χ4v) is 1.55. The molecule has 1 heterocycles. The van der Waals surface area contributed by atoms with Crippen LogP contribution in [0, 0.1) is 0 Å². The van der Waals surface area contributed by atoms with Gasteiger partial charge < -0.3 is 11.1 Å².